The Morgan fingerprint density at radius 3 is 2.74 bits per heavy atom. The number of carbonyl (C=O) groups is 1. The molecule has 1 aromatic carbocycles. The lowest BCUT2D eigenvalue weighted by Gasteiger charge is -2.44. The largest absolute Gasteiger partial charge is 0.316 e. The van der Waals surface area contributed by atoms with Crippen LogP contribution in [0.5, 0.6) is 0 Å². The molecule has 0 radical (unpaired) electrons. The number of piperidine rings is 2. The van der Waals surface area contributed by atoms with Crippen LogP contribution in [0.15, 0.2) is 24.3 Å². The quantitative estimate of drug-likeness (QED) is 0.857. The molecule has 3 nitrogen and oxygen atoms in total. The standard InChI is InChI=1S/C15H19ClN2O/c16-12-5-1-2-6-13(12)18-10-4-8-15(14(18)19)7-3-9-17-11-15/h1-2,5-6,17H,3-4,7-11H2. The molecule has 4 heteroatoms. The van der Waals surface area contributed by atoms with E-state index in [1.807, 2.05) is 29.2 Å². The molecule has 1 N–H and O–H groups in total. The van der Waals surface area contributed by atoms with E-state index < -0.39 is 0 Å². The number of amides is 1. The molecule has 2 fully saturated rings. The zero-order valence-corrected chi connectivity index (χ0v) is 11.7. The summed E-state index contributed by atoms with van der Waals surface area (Å²) < 4.78 is 0. The maximum absolute atomic E-state index is 12.9. The minimum absolute atomic E-state index is 0.199. The summed E-state index contributed by atoms with van der Waals surface area (Å²) in [7, 11) is 0. The van der Waals surface area contributed by atoms with Gasteiger partial charge in [0.15, 0.2) is 0 Å². The summed E-state index contributed by atoms with van der Waals surface area (Å²) in [6.07, 6.45) is 4.14. The Labute approximate surface area is 118 Å². The third-order valence-corrected chi connectivity index (χ3v) is 4.67. The fourth-order valence-corrected chi connectivity index (χ4v) is 3.57. The number of para-hydroxylation sites is 1. The monoisotopic (exact) mass is 278 g/mol. The zero-order valence-electron chi connectivity index (χ0n) is 11.0. The third kappa shape index (κ3) is 2.26. The highest BCUT2D eigenvalue weighted by Crippen LogP contribution is 2.40. The van der Waals surface area contributed by atoms with E-state index in [0.29, 0.717) is 5.02 Å². The van der Waals surface area contributed by atoms with Crippen molar-refractivity contribution < 1.29 is 4.79 Å². The van der Waals surface area contributed by atoms with Crippen molar-refractivity contribution in [3.05, 3.63) is 29.3 Å². The van der Waals surface area contributed by atoms with Crippen molar-refractivity contribution in [1.82, 2.24) is 5.32 Å². The molecule has 0 saturated carbocycles. The van der Waals surface area contributed by atoms with Crippen molar-refractivity contribution in [1.29, 1.82) is 0 Å². The first-order valence-electron chi connectivity index (χ1n) is 7.00. The highest BCUT2D eigenvalue weighted by Gasteiger charge is 2.45. The molecule has 2 saturated heterocycles. The van der Waals surface area contributed by atoms with Gasteiger partial charge in [0.1, 0.15) is 0 Å². The van der Waals surface area contributed by atoms with Gasteiger partial charge in [-0.3, -0.25) is 4.79 Å². The van der Waals surface area contributed by atoms with E-state index >= 15 is 0 Å². The maximum Gasteiger partial charge on any atom is 0.234 e. The normalized spacial score (nSPS) is 27.8. The molecule has 1 spiro atoms. The van der Waals surface area contributed by atoms with Gasteiger partial charge in [-0.25, -0.2) is 0 Å². The van der Waals surface area contributed by atoms with Crippen LogP contribution in [0.1, 0.15) is 25.7 Å². The molecule has 0 aliphatic carbocycles. The molecule has 1 aromatic rings. The van der Waals surface area contributed by atoms with Gasteiger partial charge in [-0.1, -0.05) is 23.7 Å². The maximum atomic E-state index is 12.9. The number of rotatable bonds is 1. The number of nitrogens with one attached hydrogen (secondary N) is 1. The van der Waals surface area contributed by atoms with Crippen LogP contribution in [-0.2, 0) is 4.79 Å². The Balaban J connectivity index is 1.91. The van der Waals surface area contributed by atoms with Crippen LogP contribution in [0.3, 0.4) is 0 Å². The van der Waals surface area contributed by atoms with Crippen LogP contribution in [-0.4, -0.2) is 25.5 Å². The summed E-state index contributed by atoms with van der Waals surface area (Å²) in [6, 6.07) is 7.63. The van der Waals surface area contributed by atoms with Crippen molar-refractivity contribution in [3.8, 4) is 0 Å². The summed E-state index contributed by atoms with van der Waals surface area (Å²) in [5.41, 5.74) is 0.661. The number of hydrogen-bond donors (Lipinski definition) is 1. The summed E-state index contributed by atoms with van der Waals surface area (Å²) >= 11 is 6.24. The highest BCUT2D eigenvalue weighted by atomic mass is 35.5. The third-order valence-electron chi connectivity index (χ3n) is 4.35. The van der Waals surface area contributed by atoms with Crippen molar-refractivity contribution in [2.24, 2.45) is 5.41 Å². The Kier molecular flexibility index (Phi) is 3.50. The number of carbonyl (C=O) groups excluding carboxylic acids is 1. The first-order valence-corrected chi connectivity index (χ1v) is 7.38. The van der Waals surface area contributed by atoms with Crippen molar-refractivity contribution in [2.45, 2.75) is 25.7 Å². The number of halogens is 1. The van der Waals surface area contributed by atoms with Gasteiger partial charge in [0.25, 0.3) is 0 Å². The zero-order chi connectivity index (χ0) is 13.3. The summed E-state index contributed by atoms with van der Waals surface area (Å²) in [5.74, 6) is 0.249. The van der Waals surface area contributed by atoms with Crippen LogP contribution >= 0.6 is 11.6 Å². The van der Waals surface area contributed by atoms with Crippen molar-refractivity contribution >= 4 is 23.2 Å². The molecule has 0 aromatic heterocycles. The van der Waals surface area contributed by atoms with Crippen LogP contribution < -0.4 is 10.2 Å². The molecule has 0 bridgehead atoms. The molecule has 2 aliphatic rings. The molecular weight excluding hydrogens is 260 g/mol. The lowest BCUT2D eigenvalue weighted by atomic mass is 9.73. The fourth-order valence-electron chi connectivity index (χ4n) is 3.33. The SMILES string of the molecule is O=C1N(c2ccccc2Cl)CCCC12CCCNC2. The number of nitrogens with zero attached hydrogens (tertiary/aromatic N) is 1. The second kappa shape index (κ2) is 5.14. The van der Waals surface area contributed by atoms with Gasteiger partial charge < -0.3 is 10.2 Å². The molecule has 2 heterocycles. The summed E-state index contributed by atoms with van der Waals surface area (Å²) in [4.78, 5) is 14.8. The van der Waals surface area contributed by atoms with E-state index in [-0.39, 0.29) is 11.3 Å². The smallest absolute Gasteiger partial charge is 0.234 e. The second-order valence-corrected chi connectivity index (χ2v) is 5.98. The lowest BCUT2D eigenvalue weighted by Crippen LogP contribution is -2.55. The van der Waals surface area contributed by atoms with Gasteiger partial charge in [-0.2, -0.15) is 0 Å². The van der Waals surface area contributed by atoms with E-state index in [2.05, 4.69) is 5.32 Å². The average molecular weight is 279 g/mol. The van der Waals surface area contributed by atoms with Gasteiger partial charge in [-0.15, -0.1) is 0 Å². The first kappa shape index (κ1) is 12.9. The lowest BCUT2D eigenvalue weighted by molar-refractivity contribution is -0.131. The number of anilines is 1. The first-order chi connectivity index (χ1) is 9.23. The molecule has 1 atom stereocenters. The van der Waals surface area contributed by atoms with Gasteiger partial charge >= 0.3 is 0 Å². The highest BCUT2D eigenvalue weighted by molar-refractivity contribution is 6.33. The van der Waals surface area contributed by atoms with Crippen molar-refractivity contribution in [3.63, 3.8) is 0 Å². The van der Waals surface area contributed by atoms with Crippen LogP contribution in [0, 0.1) is 5.41 Å². The average Bonchev–Trinajstić information content (AvgIpc) is 2.44. The summed E-state index contributed by atoms with van der Waals surface area (Å²) in [6.45, 7) is 2.62. The Morgan fingerprint density at radius 1 is 1.21 bits per heavy atom. The van der Waals surface area contributed by atoms with Gasteiger partial charge in [0.05, 0.1) is 16.1 Å². The topological polar surface area (TPSA) is 32.3 Å². The Morgan fingerprint density at radius 2 is 2.00 bits per heavy atom. The molecule has 1 amide bonds. The molecular formula is C15H19ClN2O. The number of hydrogen-bond acceptors (Lipinski definition) is 2. The van der Waals surface area contributed by atoms with Gasteiger partial charge in [-0.05, 0) is 44.4 Å². The van der Waals surface area contributed by atoms with Gasteiger partial charge in [0.2, 0.25) is 5.91 Å². The number of benzene rings is 1. The second-order valence-electron chi connectivity index (χ2n) is 5.57. The molecule has 1 unspecified atom stereocenters. The minimum Gasteiger partial charge on any atom is -0.316 e. The van der Waals surface area contributed by atoms with E-state index in [4.69, 9.17) is 11.6 Å². The van der Waals surface area contributed by atoms with E-state index in [9.17, 15) is 4.79 Å². The Hall–Kier alpha value is -1.06. The van der Waals surface area contributed by atoms with Crippen molar-refractivity contribution in [2.75, 3.05) is 24.5 Å². The molecule has 19 heavy (non-hydrogen) atoms. The van der Waals surface area contributed by atoms with E-state index in [1.54, 1.807) is 0 Å². The summed E-state index contributed by atoms with van der Waals surface area (Å²) in [5, 5.41) is 4.05. The Bertz CT molecular complexity index is 477. The molecule has 2 aliphatic heterocycles. The van der Waals surface area contributed by atoms with Gasteiger partial charge in [0, 0.05) is 13.1 Å². The minimum atomic E-state index is -0.199. The van der Waals surface area contributed by atoms with Crippen LogP contribution in [0.25, 0.3) is 0 Å². The van der Waals surface area contributed by atoms with Crippen LogP contribution in [0.4, 0.5) is 5.69 Å². The molecule has 102 valence electrons. The van der Waals surface area contributed by atoms with Crippen LogP contribution in [0.2, 0.25) is 5.02 Å². The fraction of sp³-hybridized carbons (Fsp3) is 0.533. The predicted octanol–water partition coefficient (Wildman–Crippen LogP) is 2.84. The predicted molar refractivity (Wildman–Crippen MR) is 77.6 cm³/mol. The molecule has 3 rings (SSSR count). The van der Waals surface area contributed by atoms with E-state index in [1.165, 1.54) is 0 Å². The van der Waals surface area contributed by atoms with E-state index in [0.717, 1.165) is 51.0 Å².